The molecule has 0 aliphatic carbocycles. The van der Waals surface area contributed by atoms with Crippen molar-refractivity contribution in [1.29, 1.82) is 0 Å². The highest BCUT2D eigenvalue weighted by Crippen LogP contribution is 2.27. The van der Waals surface area contributed by atoms with E-state index in [0.29, 0.717) is 16.8 Å². The van der Waals surface area contributed by atoms with E-state index in [1.165, 1.54) is 36.4 Å². The molecule has 0 aliphatic heterocycles. The van der Waals surface area contributed by atoms with Crippen LogP contribution in [-0.2, 0) is 9.53 Å². The van der Waals surface area contributed by atoms with Crippen molar-refractivity contribution in [2.24, 2.45) is 0 Å². The summed E-state index contributed by atoms with van der Waals surface area (Å²) in [4.78, 5) is 36.3. The molecule has 1 unspecified atom stereocenters. The number of hydrogen-bond acceptors (Lipinski definition) is 5. The normalized spacial score (nSPS) is 11.4. The van der Waals surface area contributed by atoms with Crippen molar-refractivity contribution in [1.82, 2.24) is 0 Å². The van der Waals surface area contributed by atoms with Crippen molar-refractivity contribution in [2.45, 2.75) is 13.0 Å². The zero-order valence-electron chi connectivity index (χ0n) is 15.9. The van der Waals surface area contributed by atoms with Gasteiger partial charge in [0.05, 0.1) is 4.92 Å². The maximum atomic E-state index is 13.1. The third kappa shape index (κ3) is 4.67. The van der Waals surface area contributed by atoms with Gasteiger partial charge in [-0.3, -0.25) is 14.9 Å². The zero-order valence-corrected chi connectivity index (χ0v) is 15.9. The first-order valence-corrected chi connectivity index (χ1v) is 8.93. The second-order valence-corrected chi connectivity index (χ2v) is 6.42. The van der Waals surface area contributed by atoms with Gasteiger partial charge in [0, 0.05) is 17.3 Å². The molecule has 0 fully saturated rings. The first-order chi connectivity index (χ1) is 14.4. The molecule has 0 radical (unpaired) electrons. The number of halogens is 1. The Balaban J connectivity index is 1.92. The molecule has 0 saturated carbocycles. The Hall–Kier alpha value is -4.07. The van der Waals surface area contributed by atoms with Crippen LogP contribution in [0, 0.1) is 22.9 Å². The first kappa shape index (κ1) is 20.7. The lowest BCUT2D eigenvalue weighted by atomic mass is 10.1. The number of hydrogen-bond donors (Lipinski definition) is 1. The van der Waals surface area contributed by atoms with Crippen LogP contribution < -0.4 is 5.32 Å². The van der Waals surface area contributed by atoms with Gasteiger partial charge in [-0.1, -0.05) is 42.5 Å². The van der Waals surface area contributed by atoms with E-state index in [2.05, 4.69) is 5.32 Å². The molecule has 0 spiro atoms. The molecule has 0 bridgehead atoms. The lowest BCUT2D eigenvalue weighted by Gasteiger charge is -2.18. The number of nitrogens with one attached hydrogen (secondary N) is 1. The summed E-state index contributed by atoms with van der Waals surface area (Å²) in [5.74, 6) is -2.15. The van der Waals surface area contributed by atoms with Gasteiger partial charge >= 0.3 is 5.97 Å². The number of carbonyl (C=O) groups is 2. The maximum Gasteiger partial charge on any atom is 0.346 e. The molecule has 1 atom stereocenters. The van der Waals surface area contributed by atoms with Gasteiger partial charge in [-0.05, 0) is 36.8 Å². The highest BCUT2D eigenvalue weighted by atomic mass is 19.1. The van der Waals surface area contributed by atoms with Crippen molar-refractivity contribution in [3.05, 3.63) is 105 Å². The van der Waals surface area contributed by atoms with Crippen LogP contribution in [-0.4, -0.2) is 16.8 Å². The molecule has 0 aromatic heterocycles. The second-order valence-electron chi connectivity index (χ2n) is 6.42. The van der Waals surface area contributed by atoms with Gasteiger partial charge in [-0.25, -0.2) is 9.18 Å². The largest absolute Gasteiger partial charge is 0.443 e. The minimum absolute atomic E-state index is 0.224. The van der Waals surface area contributed by atoms with E-state index < -0.39 is 34.4 Å². The van der Waals surface area contributed by atoms with Crippen LogP contribution in [0.15, 0.2) is 72.8 Å². The molecule has 1 amide bonds. The van der Waals surface area contributed by atoms with E-state index in [-0.39, 0.29) is 5.56 Å². The highest BCUT2D eigenvalue weighted by Gasteiger charge is 2.30. The molecule has 0 saturated heterocycles. The van der Waals surface area contributed by atoms with Crippen molar-refractivity contribution >= 4 is 23.3 Å². The molecular formula is C22H17FN2O5. The predicted octanol–water partition coefficient (Wildman–Crippen LogP) is 4.58. The molecule has 8 heteroatoms. The summed E-state index contributed by atoms with van der Waals surface area (Å²) in [6.07, 6.45) is -1.37. The Bertz CT molecular complexity index is 1080. The Morgan fingerprint density at radius 2 is 1.67 bits per heavy atom. The van der Waals surface area contributed by atoms with Crippen molar-refractivity contribution in [2.75, 3.05) is 5.32 Å². The van der Waals surface area contributed by atoms with Crippen LogP contribution in [0.3, 0.4) is 0 Å². The summed E-state index contributed by atoms with van der Waals surface area (Å²) in [7, 11) is 0. The summed E-state index contributed by atoms with van der Waals surface area (Å²) in [6.45, 7) is 1.54. The standard InChI is InChI=1S/C22H17FN2O5/c1-14-6-5-9-18(25(28)29)19(14)22(27)30-20(15-7-3-2-4-8-15)21(26)24-17-12-10-16(23)11-13-17/h2-13,20H,1H3,(H,24,26). The quantitative estimate of drug-likeness (QED) is 0.366. The molecule has 3 rings (SSSR count). The average molecular weight is 408 g/mol. The van der Waals surface area contributed by atoms with Gasteiger partial charge in [0.25, 0.3) is 11.6 Å². The SMILES string of the molecule is Cc1cccc([N+](=O)[O-])c1C(=O)OC(C(=O)Nc1ccc(F)cc1)c1ccccc1. The molecule has 7 nitrogen and oxygen atoms in total. The molecule has 0 heterocycles. The smallest absolute Gasteiger partial charge is 0.346 e. The number of nitrogens with zero attached hydrogens (tertiary/aromatic N) is 1. The van der Waals surface area contributed by atoms with E-state index in [9.17, 15) is 24.1 Å². The van der Waals surface area contributed by atoms with Crippen LogP contribution in [0.4, 0.5) is 15.8 Å². The fraction of sp³-hybridized carbons (Fsp3) is 0.0909. The number of benzene rings is 3. The van der Waals surface area contributed by atoms with Crippen LogP contribution in [0.2, 0.25) is 0 Å². The molecule has 0 aliphatic rings. The van der Waals surface area contributed by atoms with Gasteiger partial charge in [-0.15, -0.1) is 0 Å². The Kier molecular flexibility index (Phi) is 6.17. The maximum absolute atomic E-state index is 13.1. The molecule has 3 aromatic rings. The molecular weight excluding hydrogens is 391 g/mol. The predicted molar refractivity (Wildman–Crippen MR) is 107 cm³/mol. The minimum Gasteiger partial charge on any atom is -0.443 e. The molecule has 1 N–H and O–H groups in total. The number of carbonyl (C=O) groups excluding carboxylic acids is 2. The summed E-state index contributed by atoms with van der Waals surface area (Å²) in [5, 5.41) is 13.9. The molecule has 3 aromatic carbocycles. The monoisotopic (exact) mass is 408 g/mol. The summed E-state index contributed by atoms with van der Waals surface area (Å²) < 4.78 is 18.5. The molecule has 30 heavy (non-hydrogen) atoms. The summed E-state index contributed by atoms with van der Waals surface area (Å²) >= 11 is 0. The first-order valence-electron chi connectivity index (χ1n) is 8.93. The molecule has 152 valence electrons. The van der Waals surface area contributed by atoms with Gasteiger partial charge in [0.15, 0.2) is 0 Å². The van der Waals surface area contributed by atoms with Crippen molar-refractivity contribution in [3.63, 3.8) is 0 Å². The fourth-order valence-corrected chi connectivity index (χ4v) is 2.88. The topological polar surface area (TPSA) is 98.5 Å². The zero-order chi connectivity index (χ0) is 21.7. The summed E-state index contributed by atoms with van der Waals surface area (Å²) in [6, 6.07) is 17.5. The van der Waals surface area contributed by atoms with Crippen LogP contribution in [0.1, 0.15) is 27.6 Å². The van der Waals surface area contributed by atoms with E-state index in [1.807, 2.05) is 0 Å². The number of amides is 1. The van der Waals surface area contributed by atoms with Crippen LogP contribution in [0.5, 0.6) is 0 Å². The number of aryl methyl sites for hydroxylation is 1. The van der Waals surface area contributed by atoms with E-state index in [0.717, 1.165) is 0 Å². The number of nitro benzene ring substituents is 1. The third-order valence-electron chi connectivity index (χ3n) is 4.33. The van der Waals surface area contributed by atoms with Crippen LogP contribution >= 0.6 is 0 Å². The Morgan fingerprint density at radius 3 is 2.30 bits per heavy atom. The van der Waals surface area contributed by atoms with Gasteiger partial charge in [0.2, 0.25) is 6.10 Å². The van der Waals surface area contributed by atoms with Crippen molar-refractivity contribution < 1.29 is 23.6 Å². The van der Waals surface area contributed by atoms with Gasteiger partial charge in [0.1, 0.15) is 11.4 Å². The lowest BCUT2D eigenvalue weighted by molar-refractivity contribution is -0.385. The van der Waals surface area contributed by atoms with Crippen LogP contribution in [0.25, 0.3) is 0 Å². The van der Waals surface area contributed by atoms with E-state index >= 15 is 0 Å². The number of rotatable bonds is 6. The van der Waals surface area contributed by atoms with Crippen molar-refractivity contribution in [3.8, 4) is 0 Å². The summed E-state index contributed by atoms with van der Waals surface area (Å²) in [5.41, 5.74) is 0.394. The average Bonchev–Trinajstić information content (AvgIpc) is 2.73. The minimum atomic E-state index is -1.37. The third-order valence-corrected chi connectivity index (χ3v) is 4.33. The number of esters is 1. The van der Waals surface area contributed by atoms with Gasteiger partial charge in [-0.2, -0.15) is 0 Å². The Morgan fingerprint density at radius 1 is 1.00 bits per heavy atom. The number of anilines is 1. The number of ether oxygens (including phenoxy) is 1. The van der Waals surface area contributed by atoms with Gasteiger partial charge < -0.3 is 10.1 Å². The van der Waals surface area contributed by atoms with E-state index in [4.69, 9.17) is 4.74 Å². The van der Waals surface area contributed by atoms with E-state index in [1.54, 1.807) is 43.3 Å². The number of nitro groups is 1. The second kappa shape index (κ2) is 8.95. The Labute approximate surface area is 171 Å². The highest BCUT2D eigenvalue weighted by molar-refractivity contribution is 6.00. The fourth-order valence-electron chi connectivity index (χ4n) is 2.88. The lowest BCUT2D eigenvalue weighted by Crippen LogP contribution is -2.26.